The van der Waals surface area contributed by atoms with E-state index in [0.29, 0.717) is 5.56 Å². The van der Waals surface area contributed by atoms with Gasteiger partial charge in [-0.15, -0.1) is 0 Å². The summed E-state index contributed by atoms with van der Waals surface area (Å²) in [4.78, 5) is 12.9. The lowest BCUT2D eigenvalue weighted by molar-refractivity contribution is 0.102. The monoisotopic (exact) mass is 386 g/mol. The fraction of sp³-hybridized carbons (Fsp3) is 0.381. The fourth-order valence-electron chi connectivity index (χ4n) is 3.33. The molecule has 1 aliphatic rings. The smallest absolute Gasteiger partial charge is 0.255 e. The molecule has 2 aromatic carbocycles. The first kappa shape index (κ1) is 19.6. The number of nitrogens with zero attached hydrogens (tertiary/aromatic N) is 1. The van der Waals surface area contributed by atoms with Crippen LogP contribution in [0.4, 0.5) is 5.69 Å². The van der Waals surface area contributed by atoms with Gasteiger partial charge in [-0.2, -0.15) is 4.31 Å². The summed E-state index contributed by atoms with van der Waals surface area (Å²) in [6.07, 6.45) is 4.29. The Bertz CT molecular complexity index is 952. The molecule has 27 heavy (non-hydrogen) atoms. The highest BCUT2D eigenvalue weighted by atomic mass is 32.2. The minimum atomic E-state index is -3.63. The van der Waals surface area contributed by atoms with Crippen molar-refractivity contribution in [3.05, 3.63) is 59.2 Å². The van der Waals surface area contributed by atoms with Crippen molar-refractivity contribution in [2.75, 3.05) is 12.4 Å². The Morgan fingerprint density at radius 3 is 2.52 bits per heavy atom. The summed E-state index contributed by atoms with van der Waals surface area (Å²) < 4.78 is 26.7. The van der Waals surface area contributed by atoms with Gasteiger partial charge in [-0.25, -0.2) is 8.42 Å². The molecule has 144 valence electrons. The largest absolute Gasteiger partial charge is 0.322 e. The van der Waals surface area contributed by atoms with Gasteiger partial charge in [0.1, 0.15) is 0 Å². The number of carbonyl (C=O) groups excluding carboxylic acids is 1. The third-order valence-electron chi connectivity index (χ3n) is 5.14. The lowest BCUT2D eigenvalue weighted by Crippen LogP contribution is -2.33. The molecule has 2 aromatic rings. The molecule has 6 heteroatoms. The molecule has 0 radical (unpaired) electrons. The Kier molecular flexibility index (Phi) is 5.67. The van der Waals surface area contributed by atoms with Crippen LogP contribution in [0, 0.1) is 0 Å². The highest BCUT2D eigenvalue weighted by Crippen LogP contribution is 2.28. The molecule has 0 bridgehead atoms. The van der Waals surface area contributed by atoms with E-state index >= 15 is 0 Å². The van der Waals surface area contributed by atoms with Gasteiger partial charge in [-0.1, -0.05) is 18.2 Å². The second-order valence-electron chi connectivity index (χ2n) is 7.25. The molecule has 0 atom stereocenters. The maximum absolute atomic E-state index is 12.8. The van der Waals surface area contributed by atoms with Crippen LogP contribution in [0.1, 0.15) is 48.2 Å². The van der Waals surface area contributed by atoms with Crippen LogP contribution in [-0.2, 0) is 22.9 Å². The van der Waals surface area contributed by atoms with Gasteiger partial charge in [-0.3, -0.25) is 4.79 Å². The number of hydrogen-bond acceptors (Lipinski definition) is 3. The van der Waals surface area contributed by atoms with Crippen molar-refractivity contribution in [1.29, 1.82) is 0 Å². The fourth-order valence-corrected chi connectivity index (χ4v) is 4.75. The third-order valence-corrected chi connectivity index (χ3v) is 7.17. The highest BCUT2D eigenvalue weighted by Gasteiger charge is 2.24. The van der Waals surface area contributed by atoms with E-state index in [0.717, 1.165) is 24.9 Å². The molecule has 1 N–H and O–H groups in total. The minimum Gasteiger partial charge on any atom is -0.322 e. The Balaban J connectivity index is 1.87. The first-order chi connectivity index (χ1) is 12.8. The van der Waals surface area contributed by atoms with E-state index in [9.17, 15) is 13.2 Å². The highest BCUT2D eigenvalue weighted by molar-refractivity contribution is 7.89. The number of sulfonamides is 1. The molecular weight excluding hydrogens is 360 g/mol. The van der Waals surface area contributed by atoms with Gasteiger partial charge >= 0.3 is 0 Å². The van der Waals surface area contributed by atoms with E-state index in [1.54, 1.807) is 19.2 Å². The normalized spacial score (nSPS) is 14.3. The number of nitrogens with one attached hydrogen (secondary N) is 1. The van der Waals surface area contributed by atoms with Gasteiger partial charge in [0, 0.05) is 24.3 Å². The van der Waals surface area contributed by atoms with Crippen molar-refractivity contribution in [3.63, 3.8) is 0 Å². The van der Waals surface area contributed by atoms with Crippen LogP contribution in [0.15, 0.2) is 47.4 Å². The van der Waals surface area contributed by atoms with Crippen LogP contribution >= 0.6 is 0 Å². The number of rotatable bonds is 5. The second kappa shape index (κ2) is 7.82. The van der Waals surface area contributed by atoms with Crippen molar-refractivity contribution in [2.24, 2.45) is 0 Å². The first-order valence-electron chi connectivity index (χ1n) is 9.31. The van der Waals surface area contributed by atoms with Gasteiger partial charge in [0.25, 0.3) is 5.91 Å². The summed E-state index contributed by atoms with van der Waals surface area (Å²) in [5.41, 5.74) is 3.64. The van der Waals surface area contributed by atoms with Crippen molar-refractivity contribution in [2.45, 2.75) is 50.5 Å². The summed E-state index contributed by atoms with van der Waals surface area (Å²) >= 11 is 0. The quantitative estimate of drug-likeness (QED) is 0.849. The molecule has 1 amide bonds. The van der Waals surface area contributed by atoms with Crippen molar-refractivity contribution in [1.82, 2.24) is 4.31 Å². The number of hydrogen-bond donors (Lipinski definition) is 1. The predicted octanol–water partition coefficient (Wildman–Crippen LogP) is 3.85. The standard InChI is InChI=1S/C21H26N2O3S/c1-15(2)23(3)27(25,26)18-11-6-10-17(14-18)21(24)22-20-13-7-9-16-8-4-5-12-19(16)20/h6-7,9-11,13-15H,4-5,8,12H2,1-3H3,(H,22,24). The second-order valence-corrected chi connectivity index (χ2v) is 9.24. The minimum absolute atomic E-state index is 0.126. The van der Waals surface area contributed by atoms with Gasteiger partial charge in [0.2, 0.25) is 10.0 Å². The lowest BCUT2D eigenvalue weighted by atomic mass is 9.90. The Morgan fingerprint density at radius 2 is 1.78 bits per heavy atom. The van der Waals surface area contributed by atoms with Gasteiger partial charge in [-0.05, 0) is 74.9 Å². The molecule has 0 unspecified atom stereocenters. The van der Waals surface area contributed by atoms with E-state index in [-0.39, 0.29) is 16.8 Å². The maximum Gasteiger partial charge on any atom is 0.255 e. The van der Waals surface area contributed by atoms with Crippen LogP contribution in [0.5, 0.6) is 0 Å². The number of benzene rings is 2. The van der Waals surface area contributed by atoms with Gasteiger partial charge in [0.05, 0.1) is 4.90 Å². The summed E-state index contributed by atoms with van der Waals surface area (Å²) in [6.45, 7) is 3.62. The van der Waals surface area contributed by atoms with E-state index in [1.807, 2.05) is 26.0 Å². The number of amides is 1. The molecule has 0 saturated carbocycles. The zero-order valence-corrected chi connectivity index (χ0v) is 16.8. The van der Waals surface area contributed by atoms with Crippen molar-refractivity contribution < 1.29 is 13.2 Å². The van der Waals surface area contributed by atoms with Gasteiger partial charge < -0.3 is 5.32 Å². The number of carbonyl (C=O) groups is 1. The Morgan fingerprint density at radius 1 is 1.07 bits per heavy atom. The molecule has 0 aliphatic heterocycles. The Labute approximate surface area is 161 Å². The van der Waals surface area contributed by atoms with E-state index in [1.165, 1.54) is 34.0 Å². The molecule has 0 fully saturated rings. The van der Waals surface area contributed by atoms with Crippen LogP contribution < -0.4 is 5.32 Å². The SMILES string of the molecule is CC(C)N(C)S(=O)(=O)c1cccc(C(=O)Nc2cccc3c2CCCC3)c1. The van der Waals surface area contributed by atoms with Crippen molar-refractivity contribution in [3.8, 4) is 0 Å². The van der Waals surface area contributed by atoms with E-state index in [4.69, 9.17) is 0 Å². The topological polar surface area (TPSA) is 66.5 Å². The summed E-state index contributed by atoms with van der Waals surface area (Å²) in [6, 6.07) is 12.0. The van der Waals surface area contributed by atoms with Crippen molar-refractivity contribution >= 4 is 21.6 Å². The van der Waals surface area contributed by atoms with Crippen LogP contribution in [-0.4, -0.2) is 31.7 Å². The zero-order chi connectivity index (χ0) is 19.6. The third kappa shape index (κ3) is 4.06. The molecule has 0 saturated heterocycles. The molecule has 1 aliphatic carbocycles. The zero-order valence-electron chi connectivity index (χ0n) is 16.0. The maximum atomic E-state index is 12.8. The average Bonchev–Trinajstić information content (AvgIpc) is 2.67. The molecular formula is C21H26N2O3S. The number of aryl methyl sites for hydroxylation is 1. The molecule has 5 nitrogen and oxygen atoms in total. The molecule has 0 heterocycles. The van der Waals surface area contributed by atoms with Crippen LogP contribution in [0.25, 0.3) is 0 Å². The van der Waals surface area contributed by atoms with E-state index in [2.05, 4.69) is 11.4 Å². The summed E-state index contributed by atoms with van der Waals surface area (Å²) in [5, 5.41) is 2.97. The van der Waals surface area contributed by atoms with E-state index < -0.39 is 10.0 Å². The molecule has 3 rings (SSSR count). The molecule has 0 spiro atoms. The first-order valence-corrected chi connectivity index (χ1v) is 10.7. The average molecular weight is 387 g/mol. The summed E-state index contributed by atoms with van der Waals surface area (Å²) in [5.74, 6) is -0.293. The lowest BCUT2D eigenvalue weighted by Gasteiger charge is -2.21. The number of fused-ring (bicyclic) bond motifs is 1. The predicted molar refractivity (Wildman–Crippen MR) is 108 cm³/mol. The van der Waals surface area contributed by atoms with Gasteiger partial charge in [0.15, 0.2) is 0 Å². The summed E-state index contributed by atoms with van der Waals surface area (Å²) in [7, 11) is -2.08. The van der Waals surface area contributed by atoms with Crippen LogP contribution in [0.2, 0.25) is 0 Å². The van der Waals surface area contributed by atoms with Crippen LogP contribution in [0.3, 0.4) is 0 Å². The Hall–Kier alpha value is -2.18. The molecule has 0 aromatic heterocycles. The number of anilines is 1.